The first kappa shape index (κ1) is 30.5. The second-order valence-electron chi connectivity index (χ2n) is 6.60. The van der Waals surface area contributed by atoms with Crippen molar-refractivity contribution in [2.45, 2.75) is 52.4 Å². The van der Waals surface area contributed by atoms with Gasteiger partial charge in [0.05, 0.1) is 24.0 Å². The summed E-state index contributed by atoms with van der Waals surface area (Å²) in [5, 5.41) is 34.3. The second kappa shape index (κ2) is 18.0. The number of aliphatic hydroxyl groups excluding tert-OH is 2. The van der Waals surface area contributed by atoms with Gasteiger partial charge < -0.3 is 20.1 Å². The normalized spacial score (nSPS) is 16.1. The molecular formula is C24H35N3O7. The standard InChI is InChI=1S/C9H13N3O4.C7H6O2.C6H10O.C2H6/c13-5-6-1-2-8(16-6)12-4-3-7(11-15)10-9(12)14;8-7(9)6-4-2-1-3-5-6;1-3-4-5-6(2)7;1-2/h3-4,6,8,13,15H,1-2,5H2,(H,10,11,14);1-5H,(H,8,9);3-4,7H,2,5H2,1H3;1-2H3/b;;4-3-;. The van der Waals surface area contributed by atoms with Crippen molar-refractivity contribution in [1.29, 1.82) is 0 Å². The molecule has 0 bridgehead atoms. The number of anilines is 1. The quantitative estimate of drug-likeness (QED) is 0.234. The molecule has 10 heteroatoms. The van der Waals surface area contributed by atoms with E-state index in [0.29, 0.717) is 24.8 Å². The molecule has 2 unspecified atom stereocenters. The SMILES string of the molecule is C=C(O)C/C=C\C.CC.O=C(O)c1ccccc1.O=c1nc(NO)ccn1C1CCC(CO)O1. The van der Waals surface area contributed by atoms with Crippen LogP contribution in [0.4, 0.5) is 5.82 Å². The van der Waals surface area contributed by atoms with Crippen LogP contribution < -0.4 is 11.2 Å². The van der Waals surface area contributed by atoms with E-state index in [1.54, 1.807) is 35.8 Å². The van der Waals surface area contributed by atoms with E-state index in [1.807, 2.05) is 32.9 Å². The number of nitrogens with zero attached hydrogens (tertiary/aromatic N) is 2. The van der Waals surface area contributed by atoms with Crippen molar-refractivity contribution in [2.75, 3.05) is 12.1 Å². The molecule has 34 heavy (non-hydrogen) atoms. The fourth-order valence-electron chi connectivity index (χ4n) is 2.55. The van der Waals surface area contributed by atoms with Crippen molar-refractivity contribution < 1.29 is 30.1 Å². The summed E-state index contributed by atoms with van der Waals surface area (Å²) in [6, 6.07) is 9.76. The maximum Gasteiger partial charge on any atom is 0.351 e. The van der Waals surface area contributed by atoms with Gasteiger partial charge in [-0.1, -0.05) is 50.8 Å². The van der Waals surface area contributed by atoms with E-state index in [0.717, 1.165) is 0 Å². The predicted octanol–water partition coefficient (Wildman–Crippen LogP) is 4.15. The van der Waals surface area contributed by atoms with Crippen molar-refractivity contribution in [3.05, 3.63) is 83.1 Å². The number of carboxylic acid groups (broad SMARTS) is 1. The summed E-state index contributed by atoms with van der Waals surface area (Å²) >= 11 is 0. The van der Waals surface area contributed by atoms with E-state index >= 15 is 0 Å². The first-order chi connectivity index (χ1) is 16.3. The van der Waals surface area contributed by atoms with Crippen LogP contribution in [0.5, 0.6) is 0 Å². The van der Waals surface area contributed by atoms with Gasteiger partial charge in [-0.2, -0.15) is 4.98 Å². The maximum absolute atomic E-state index is 11.5. The Morgan fingerprint density at radius 2 is 1.88 bits per heavy atom. The average molecular weight is 478 g/mol. The Hall–Kier alpha value is -3.47. The third-order valence-corrected chi connectivity index (χ3v) is 4.15. The lowest BCUT2D eigenvalue weighted by molar-refractivity contribution is -0.0245. The van der Waals surface area contributed by atoms with Crippen molar-refractivity contribution in [3.63, 3.8) is 0 Å². The molecule has 1 aliphatic heterocycles. The zero-order chi connectivity index (χ0) is 25.9. The number of nitrogens with one attached hydrogen (secondary N) is 1. The van der Waals surface area contributed by atoms with Crippen molar-refractivity contribution in [2.24, 2.45) is 0 Å². The van der Waals surface area contributed by atoms with Crippen molar-refractivity contribution in [1.82, 2.24) is 9.55 Å². The summed E-state index contributed by atoms with van der Waals surface area (Å²) in [4.78, 5) is 25.3. The number of carboxylic acids is 1. The molecule has 0 radical (unpaired) electrons. The molecule has 5 N–H and O–H groups in total. The van der Waals surface area contributed by atoms with Gasteiger partial charge >= 0.3 is 11.7 Å². The molecule has 188 valence electrons. The maximum atomic E-state index is 11.5. The Bertz CT molecular complexity index is 930. The van der Waals surface area contributed by atoms with Crippen LogP contribution in [0.1, 0.15) is 56.6 Å². The molecule has 2 heterocycles. The fourth-order valence-corrected chi connectivity index (χ4v) is 2.55. The van der Waals surface area contributed by atoms with E-state index in [9.17, 15) is 9.59 Å². The van der Waals surface area contributed by atoms with Gasteiger partial charge in [-0.15, -0.1) is 0 Å². The lowest BCUT2D eigenvalue weighted by Gasteiger charge is -2.14. The first-order valence-corrected chi connectivity index (χ1v) is 10.8. The number of aromatic nitrogens is 2. The molecule has 1 aromatic heterocycles. The number of aromatic carboxylic acids is 1. The van der Waals surface area contributed by atoms with Crippen LogP contribution in [-0.4, -0.2) is 48.8 Å². The van der Waals surface area contributed by atoms with Gasteiger partial charge in [-0.25, -0.2) is 9.59 Å². The lowest BCUT2D eigenvalue weighted by atomic mass is 10.2. The number of rotatable bonds is 6. The molecule has 0 spiro atoms. The Labute approximate surface area is 199 Å². The van der Waals surface area contributed by atoms with E-state index in [1.165, 1.54) is 16.8 Å². The summed E-state index contributed by atoms with van der Waals surface area (Å²) in [5.74, 6) is -0.563. The summed E-state index contributed by atoms with van der Waals surface area (Å²) in [5.41, 5.74) is 1.63. The summed E-state index contributed by atoms with van der Waals surface area (Å²) in [7, 11) is 0. The highest BCUT2D eigenvalue weighted by Gasteiger charge is 2.26. The van der Waals surface area contributed by atoms with E-state index in [2.05, 4.69) is 11.6 Å². The third kappa shape index (κ3) is 12.0. The summed E-state index contributed by atoms with van der Waals surface area (Å²) < 4.78 is 6.78. The molecule has 0 saturated carbocycles. The molecule has 2 atom stereocenters. The van der Waals surface area contributed by atoms with Crippen LogP contribution in [0.25, 0.3) is 0 Å². The number of benzene rings is 1. The average Bonchev–Trinajstić information content (AvgIpc) is 3.34. The van der Waals surface area contributed by atoms with E-state index < -0.39 is 11.7 Å². The minimum atomic E-state index is -0.879. The number of hydrogen-bond donors (Lipinski definition) is 5. The zero-order valence-corrected chi connectivity index (χ0v) is 19.8. The minimum absolute atomic E-state index is 0.0467. The van der Waals surface area contributed by atoms with Crippen LogP contribution in [0, 0.1) is 0 Å². The monoisotopic (exact) mass is 477 g/mol. The third-order valence-electron chi connectivity index (χ3n) is 4.15. The minimum Gasteiger partial charge on any atom is -0.513 e. The van der Waals surface area contributed by atoms with Gasteiger partial charge in [0.1, 0.15) is 6.23 Å². The fraction of sp³-hybridized carbons (Fsp3) is 0.375. The first-order valence-electron chi connectivity index (χ1n) is 10.8. The number of carbonyl (C=O) groups is 1. The molecule has 10 nitrogen and oxygen atoms in total. The molecule has 2 aromatic rings. The molecular weight excluding hydrogens is 442 g/mol. The smallest absolute Gasteiger partial charge is 0.351 e. The zero-order valence-electron chi connectivity index (χ0n) is 19.8. The van der Waals surface area contributed by atoms with Gasteiger partial charge in [-0.3, -0.25) is 15.3 Å². The number of aliphatic hydroxyl groups is 2. The Balaban J connectivity index is 0.000000514. The molecule has 1 aromatic carbocycles. The van der Waals surface area contributed by atoms with Crippen LogP contribution in [0.15, 0.2) is 71.9 Å². The van der Waals surface area contributed by atoms with Crippen LogP contribution in [0.3, 0.4) is 0 Å². The van der Waals surface area contributed by atoms with Gasteiger partial charge in [-0.05, 0) is 38.0 Å². The van der Waals surface area contributed by atoms with E-state index in [-0.39, 0.29) is 30.5 Å². The molecule has 1 aliphatic rings. The highest BCUT2D eigenvalue weighted by molar-refractivity contribution is 5.87. The molecule has 1 saturated heterocycles. The highest BCUT2D eigenvalue weighted by atomic mass is 16.5. The Morgan fingerprint density at radius 1 is 1.24 bits per heavy atom. The number of hydrogen-bond acceptors (Lipinski definition) is 8. The van der Waals surface area contributed by atoms with Gasteiger partial charge in [0.2, 0.25) is 0 Å². The van der Waals surface area contributed by atoms with Crippen LogP contribution in [0.2, 0.25) is 0 Å². The van der Waals surface area contributed by atoms with Crippen molar-refractivity contribution in [3.8, 4) is 0 Å². The lowest BCUT2D eigenvalue weighted by Crippen LogP contribution is -2.27. The molecule has 1 fully saturated rings. The van der Waals surface area contributed by atoms with Gasteiger partial charge in [0, 0.05) is 12.6 Å². The Morgan fingerprint density at radius 3 is 2.26 bits per heavy atom. The summed E-state index contributed by atoms with van der Waals surface area (Å²) in [6.45, 7) is 9.16. The van der Waals surface area contributed by atoms with Crippen LogP contribution in [-0.2, 0) is 4.74 Å². The number of allylic oxidation sites excluding steroid dienone is 2. The predicted molar refractivity (Wildman–Crippen MR) is 130 cm³/mol. The molecule has 3 rings (SSSR count). The second-order valence-corrected chi connectivity index (χ2v) is 6.60. The number of ether oxygens (including phenoxy) is 1. The summed E-state index contributed by atoms with van der Waals surface area (Å²) in [6.07, 6.45) is 6.59. The molecule has 0 aliphatic carbocycles. The largest absolute Gasteiger partial charge is 0.513 e. The molecule has 0 amide bonds. The van der Waals surface area contributed by atoms with E-state index in [4.69, 9.17) is 25.3 Å². The topological polar surface area (TPSA) is 154 Å². The van der Waals surface area contributed by atoms with Gasteiger partial charge in [0.25, 0.3) is 0 Å². The highest BCUT2D eigenvalue weighted by Crippen LogP contribution is 2.26. The Kier molecular flexibility index (Phi) is 16.2. The van der Waals surface area contributed by atoms with Gasteiger partial charge in [0.15, 0.2) is 5.82 Å². The van der Waals surface area contributed by atoms with Crippen molar-refractivity contribution >= 4 is 11.8 Å². The van der Waals surface area contributed by atoms with Crippen LogP contribution >= 0.6 is 0 Å².